The fourth-order valence-corrected chi connectivity index (χ4v) is 4.56. The largest absolute Gasteiger partial charge is 0.352 e. The van der Waals surface area contributed by atoms with Crippen molar-refractivity contribution in [2.45, 2.75) is 13.8 Å². The Labute approximate surface area is 177 Å². The van der Waals surface area contributed by atoms with E-state index in [-0.39, 0.29) is 5.91 Å². The van der Waals surface area contributed by atoms with Crippen molar-refractivity contribution < 1.29 is 4.79 Å². The number of aryl methyl sites for hydroxylation is 2. The number of anilines is 1. The number of pyridine rings is 1. The number of aromatic nitrogens is 5. The maximum atomic E-state index is 13.0. The van der Waals surface area contributed by atoms with E-state index in [1.807, 2.05) is 42.3 Å². The molecule has 5 rings (SSSR count). The van der Waals surface area contributed by atoms with Gasteiger partial charge in [0.1, 0.15) is 17.0 Å². The van der Waals surface area contributed by atoms with E-state index in [4.69, 9.17) is 0 Å². The first-order valence-electron chi connectivity index (χ1n) is 9.82. The van der Waals surface area contributed by atoms with Gasteiger partial charge in [-0.3, -0.25) is 4.79 Å². The van der Waals surface area contributed by atoms with Crippen molar-refractivity contribution in [2.24, 2.45) is 0 Å². The van der Waals surface area contributed by atoms with Crippen molar-refractivity contribution in [3.8, 4) is 5.82 Å². The van der Waals surface area contributed by atoms with Crippen LogP contribution >= 0.6 is 11.3 Å². The fourth-order valence-electron chi connectivity index (χ4n) is 3.83. The first-order chi connectivity index (χ1) is 14.6. The Morgan fingerprint density at radius 2 is 1.87 bits per heavy atom. The molecule has 4 aromatic rings. The van der Waals surface area contributed by atoms with Crippen LogP contribution in [0.1, 0.15) is 21.7 Å². The Morgan fingerprint density at radius 1 is 1.03 bits per heavy atom. The van der Waals surface area contributed by atoms with Gasteiger partial charge >= 0.3 is 0 Å². The molecule has 0 saturated carbocycles. The molecule has 0 N–H and O–H groups in total. The molecule has 0 bridgehead atoms. The predicted molar refractivity (Wildman–Crippen MR) is 116 cm³/mol. The van der Waals surface area contributed by atoms with Gasteiger partial charge in [-0.1, -0.05) is 0 Å². The van der Waals surface area contributed by atoms with Crippen molar-refractivity contribution in [3.05, 3.63) is 59.1 Å². The molecule has 8 nitrogen and oxygen atoms in total. The van der Waals surface area contributed by atoms with E-state index in [9.17, 15) is 4.79 Å². The van der Waals surface area contributed by atoms with Crippen LogP contribution in [0.25, 0.3) is 16.0 Å². The molecule has 152 valence electrons. The lowest BCUT2D eigenvalue weighted by atomic mass is 10.2. The number of piperazine rings is 1. The summed E-state index contributed by atoms with van der Waals surface area (Å²) in [6, 6.07) is 7.73. The van der Waals surface area contributed by atoms with Gasteiger partial charge in [-0.15, -0.1) is 11.3 Å². The van der Waals surface area contributed by atoms with Gasteiger partial charge in [0.2, 0.25) is 0 Å². The van der Waals surface area contributed by atoms with Gasteiger partial charge in [-0.25, -0.2) is 19.6 Å². The van der Waals surface area contributed by atoms with E-state index < -0.39 is 0 Å². The number of nitrogens with zero attached hydrogens (tertiary/aromatic N) is 7. The molecule has 5 heterocycles. The fraction of sp³-hybridized carbons (Fsp3) is 0.286. The molecule has 1 fully saturated rings. The smallest absolute Gasteiger partial charge is 0.255 e. The van der Waals surface area contributed by atoms with E-state index in [1.54, 1.807) is 28.5 Å². The average Bonchev–Trinajstić information content (AvgIpc) is 3.39. The minimum atomic E-state index is 0.00503. The number of amides is 1. The quantitative estimate of drug-likeness (QED) is 0.508. The minimum absolute atomic E-state index is 0.00503. The summed E-state index contributed by atoms with van der Waals surface area (Å²) in [5.74, 6) is 1.67. The van der Waals surface area contributed by atoms with Crippen molar-refractivity contribution in [1.82, 2.24) is 29.6 Å². The Bertz CT molecular complexity index is 1210. The average molecular weight is 420 g/mol. The van der Waals surface area contributed by atoms with Gasteiger partial charge in [0.25, 0.3) is 5.91 Å². The second-order valence-corrected chi connectivity index (χ2v) is 8.25. The molecule has 1 aliphatic heterocycles. The van der Waals surface area contributed by atoms with Crippen LogP contribution in [0, 0.1) is 13.8 Å². The molecule has 0 aromatic carbocycles. The van der Waals surface area contributed by atoms with Crippen LogP contribution in [-0.4, -0.2) is 61.7 Å². The normalized spacial score (nSPS) is 14.5. The van der Waals surface area contributed by atoms with E-state index in [0.29, 0.717) is 24.5 Å². The predicted octanol–water partition coefficient (Wildman–Crippen LogP) is 2.85. The van der Waals surface area contributed by atoms with Crippen molar-refractivity contribution >= 4 is 33.3 Å². The molecule has 0 spiro atoms. The number of fused-ring (bicyclic) bond motifs is 1. The van der Waals surface area contributed by atoms with Crippen LogP contribution in [0.4, 0.5) is 5.82 Å². The number of carbonyl (C=O) groups excluding carboxylic acids is 1. The van der Waals surface area contributed by atoms with Crippen molar-refractivity contribution in [3.63, 3.8) is 0 Å². The van der Waals surface area contributed by atoms with Gasteiger partial charge in [-0.05, 0) is 43.5 Å². The van der Waals surface area contributed by atoms with Crippen LogP contribution in [0.2, 0.25) is 0 Å². The van der Waals surface area contributed by atoms with Crippen molar-refractivity contribution in [1.29, 1.82) is 0 Å². The highest BCUT2D eigenvalue weighted by atomic mass is 32.1. The maximum absolute atomic E-state index is 13.0. The molecular formula is C21H21N7OS. The zero-order chi connectivity index (χ0) is 20.7. The maximum Gasteiger partial charge on any atom is 0.255 e. The SMILES string of the molecule is Cc1cc(C)n(-c2ccc(C(=O)N3CCN(c4ncnc5sccc45)CC3)cn2)n1. The van der Waals surface area contributed by atoms with Gasteiger partial charge < -0.3 is 9.80 Å². The zero-order valence-corrected chi connectivity index (χ0v) is 17.6. The Hall–Kier alpha value is -3.33. The highest BCUT2D eigenvalue weighted by Gasteiger charge is 2.24. The number of carbonyl (C=O) groups is 1. The van der Waals surface area contributed by atoms with Crippen LogP contribution in [-0.2, 0) is 0 Å². The standard InChI is InChI=1S/C21H21N7OS/c1-14-11-15(2)28(25-14)18-4-3-16(12-22-18)21(29)27-8-6-26(7-9-27)19-17-5-10-30-20(17)24-13-23-19/h3-5,10-13H,6-9H2,1-2H3. The third-order valence-electron chi connectivity index (χ3n) is 5.33. The first kappa shape index (κ1) is 18.7. The van der Waals surface area contributed by atoms with Crippen LogP contribution in [0.5, 0.6) is 0 Å². The third-order valence-corrected chi connectivity index (χ3v) is 6.15. The van der Waals surface area contributed by atoms with Crippen LogP contribution < -0.4 is 4.90 Å². The number of hydrogen-bond acceptors (Lipinski definition) is 7. The molecule has 1 aliphatic rings. The summed E-state index contributed by atoms with van der Waals surface area (Å²) in [5.41, 5.74) is 2.55. The van der Waals surface area contributed by atoms with E-state index in [1.165, 1.54) is 0 Å². The third kappa shape index (κ3) is 3.30. The lowest BCUT2D eigenvalue weighted by Crippen LogP contribution is -2.49. The Morgan fingerprint density at radius 3 is 2.57 bits per heavy atom. The molecule has 1 amide bonds. The molecule has 30 heavy (non-hydrogen) atoms. The molecule has 0 radical (unpaired) electrons. The molecule has 0 atom stereocenters. The Kier molecular flexibility index (Phi) is 4.66. The lowest BCUT2D eigenvalue weighted by molar-refractivity contribution is 0.0746. The van der Waals surface area contributed by atoms with E-state index in [2.05, 4.69) is 31.0 Å². The summed E-state index contributed by atoms with van der Waals surface area (Å²) in [5, 5.41) is 7.55. The highest BCUT2D eigenvalue weighted by Crippen LogP contribution is 2.27. The molecule has 9 heteroatoms. The van der Waals surface area contributed by atoms with Crippen LogP contribution in [0.3, 0.4) is 0 Å². The summed E-state index contributed by atoms with van der Waals surface area (Å²) >= 11 is 1.61. The lowest BCUT2D eigenvalue weighted by Gasteiger charge is -2.35. The molecular weight excluding hydrogens is 398 g/mol. The first-order valence-corrected chi connectivity index (χ1v) is 10.7. The number of hydrogen-bond donors (Lipinski definition) is 0. The molecule has 4 aromatic heterocycles. The molecule has 0 unspecified atom stereocenters. The van der Waals surface area contributed by atoms with Gasteiger partial charge in [0, 0.05) is 38.1 Å². The molecule has 1 saturated heterocycles. The van der Waals surface area contributed by atoms with Gasteiger partial charge in [0.15, 0.2) is 5.82 Å². The summed E-state index contributed by atoms with van der Waals surface area (Å²) in [6.07, 6.45) is 3.25. The zero-order valence-electron chi connectivity index (χ0n) is 16.8. The minimum Gasteiger partial charge on any atom is -0.352 e. The van der Waals surface area contributed by atoms with Gasteiger partial charge in [0.05, 0.1) is 16.6 Å². The number of thiophene rings is 1. The second-order valence-electron chi connectivity index (χ2n) is 7.36. The Balaban J connectivity index is 1.28. The van der Waals surface area contributed by atoms with Crippen molar-refractivity contribution in [2.75, 3.05) is 31.1 Å². The monoisotopic (exact) mass is 419 g/mol. The topological polar surface area (TPSA) is 80.0 Å². The number of rotatable bonds is 3. The summed E-state index contributed by atoms with van der Waals surface area (Å²) in [4.78, 5) is 31.3. The highest BCUT2D eigenvalue weighted by molar-refractivity contribution is 7.16. The molecule has 0 aliphatic carbocycles. The summed E-state index contributed by atoms with van der Waals surface area (Å²) in [7, 11) is 0. The van der Waals surface area contributed by atoms with E-state index in [0.717, 1.165) is 40.5 Å². The van der Waals surface area contributed by atoms with Crippen LogP contribution in [0.15, 0.2) is 42.2 Å². The van der Waals surface area contributed by atoms with E-state index >= 15 is 0 Å². The summed E-state index contributed by atoms with van der Waals surface area (Å²) in [6.45, 7) is 6.71. The summed E-state index contributed by atoms with van der Waals surface area (Å²) < 4.78 is 1.79. The second kappa shape index (κ2) is 7.49. The van der Waals surface area contributed by atoms with Gasteiger partial charge in [-0.2, -0.15) is 5.10 Å².